The van der Waals surface area contributed by atoms with Crippen LogP contribution in [0.2, 0.25) is 10.0 Å². The van der Waals surface area contributed by atoms with E-state index in [2.05, 4.69) is 20.9 Å². The lowest BCUT2D eigenvalue weighted by Crippen LogP contribution is -2.08. The van der Waals surface area contributed by atoms with Crippen LogP contribution in [-0.4, -0.2) is 17.8 Å². The molecule has 0 spiro atoms. The van der Waals surface area contributed by atoms with Crippen LogP contribution in [0.4, 0.5) is 0 Å². The highest BCUT2D eigenvalue weighted by Gasteiger charge is 2.28. The highest BCUT2D eigenvalue weighted by molar-refractivity contribution is 9.10. The lowest BCUT2D eigenvalue weighted by Gasteiger charge is -2.07. The van der Waals surface area contributed by atoms with E-state index >= 15 is 0 Å². The number of hydrogen-bond acceptors (Lipinski definition) is 7. The molecule has 0 fully saturated rings. The summed E-state index contributed by atoms with van der Waals surface area (Å²) in [6.45, 7) is 1.98. The summed E-state index contributed by atoms with van der Waals surface area (Å²) in [6.07, 6.45) is 1.52. The fourth-order valence-corrected chi connectivity index (χ4v) is 7.45. The maximum Gasteiger partial charge on any atom is 0.363 e. The number of aliphatic imine (C=N–C) groups is 1. The number of carbonyl (C=O) groups is 2. The number of benzene rings is 3. The van der Waals surface area contributed by atoms with Crippen molar-refractivity contribution in [1.29, 1.82) is 0 Å². The number of nitrogens with zero attached hydrogens (tertiary/aromatic N) is 1. The summed E-state index contributed by atoms with van der Waals surface area (Å²) < 4.78 is 13.9. The third-order valence-corrected chi connectivity index (χ3v) is 9.57. The van der Waals surface area contributed by atoms with Crippen LogP contribution >= 0.6 is 61.8 Å². The van der Waals surface area contributed by atoms with Crippen molar-refractivity contribution in [2.75, 3.05) is 0 Å². The van der Waals surface area contributed by atoms with E-state index in [-0.39, 0.29) is 17.3 Å². The Morgan fingerprint density at radius 3 is 2.58 bits per heavy atom. The van der Waals surface area contributed by atoms with Gasteiger partial charge >= 0.3 is 11.9 Å². The SMILES string of the molecule is Cc1ccc2c(Cl)c(C(=O)Oc3ccccc3/C=C3/N=C(c4sc5cc(Br)ccc5c4Cl)OC3=O)sc2c1. The molecule has 1 aliphatic heterocycles. The zero-order valence-electron chi connectivity index (χ0n) is 19.4. The number of esters is 2. The highest BCUT2D eigenvalue weighted by Crippen LogP contribution is 2.39. The maximum absolute atomic E-state index is 13.1. The Morgan fingerprint density at radius 2 is 1.74 bits per heavy atom. The van der Waals surface area contributed by atoms with Crippen LogP contribution in [0.1, 0.15) is 25.7 Å². The monoisotopic (exact) mass is 641 g/mol. The van der Waals surface area contributed by atoms with Gasteiger partial charge in [-0.3, -0.25) is 0 Å². The molecule has 0 aliphatic carbocycles. The molecule has 5 nitrogen and oxygen atoms in total. The Kier molecular flexibility index (Phi) is 6.62. The molecule has 3 aromatic carbocycles. The van der Waals surface area contributed by atoms with Crippen LogP contribution in [-0.2, 0) is 9.53 Å². The topological polar surface area (TPSA) is 65.0 Å². The first-order chi connectivity index (χ1) is 18.3. The van der Waals surface area contributed by atoms with Crippen molar-refractivity contribution in [2.24, 2.45) is 4.99 Å². The minimum atomic E-state index is -0.626. The van der Waals surface area contributed by atoms with E-state index in [9.17, 15) is 9.59 Å². The quantitative estimate of drug-likeness (QED) is 0.111. The maximum atomic E-state index is 13.1. The summed E-state index contributed by atoms with van der Waals surface area (Å²) in [5.41, 5.74) is 1.62. The molecule has 0 bridgehead atoms. The minimum Gasteiger partial charge on any atom is -0.422 e. The summed E-state index contributed by atoms with van der Waals surface area (Å²) in [5.74, 6) is -0.818. The number of ether oxygens (including phenoxy) is 2. The fourth-order valence-electron chi connectivity index (χ4n) is 3.97. The number of thiophene rings is 2. The van der Waals surface area contributed by atoms with Gasteiger partial charge in [0.25, 0.3) is 0 Å². The van der Waals surface area contributed by atoms with Gasteiger partial charge in [-0.05, 0) is 42.8 Å². The van der Waals surface area contributed by atoms with Crippen molar-refractivity contribution < 1.29 is 19.1 Å². The van der Waals surface area contributed by atoms with Crippen LogP contribution < -0.4 is 4.74 Å². The second-order valence-electron chi connectivity index (χ2n) is 8.39. The number of rotatable bonds is 4. The molecule has 0 radical (unpaired) electrons. The molecular formula is C28H14BrCl2NO4S2. The molecule has 0 saturated carbocycles. The van der Waals surface area contributed by atoms with Gasteiger partial charge in [0.1, 0.15) is 15.5 Å². The molecule has 6 rings (SSSR count). The summed E-state index contributed by atoms with van der Waals surface area (Å²) in [7, 11) is 0. The second kappa shape index (κ2) is 9.94. The molecule has 10 heteroatoms. The molecule has 188 valence electrons. The lowest BCUT2D eigenvalue weighted by molar-refractivity contribution is -0.129. The van der Waals surface area contributed by atoms with Gasteiger partial charge in [0.05, 0.1) is 10.0 Å². The standard InChI is InChI=1S/C28H14BrCl2NO4S2/c1-13-6-8-16-20(10-13)38-25(23(16)31)28(34)35-19-5-3-2-4-14(19)11-18-27(33)36-26(32-18)24-22(30)17-9-7-15(29)12-21(17)37-24/h2-12H,1H3/b18-11+. The molecule has 0 unspecified atom stereocenters. The van der Waals surface area contributed by atoms with Gasteiger partial charge in [-0.25, -0.2) is 14.6 Å². The first-order valence-corrected chi connectivity index (χ1v) is 14.4. The Bertz CT molecular complexity index is 1870. The molecular weight excluding hydrogens is 629 g/mol. The van der Waals surface area contributed by atoms with Crippen molar-refractivity contribution in [3.05, 3.63) is 102 Å². The molecule has 5 aromatic rings. The Morgan fingerprint density at radius 1 is 1.00 bits per heavy atom. The van der Waals surface area contributed by atoms with E-state index in [0.717, 1.165) is 30.2 Å². The van der Waals surface area contributed by atoms with Gasteiger partial charge in [0.2, 0.25) is 5.90 Å². The zero-order valence-corrected chi connectivity index (χ0v) is 24.1. The third kappa shape index (κ3) is 4.57. The van der Waals surface area contributed by atoms with E-state index in [4.69, 9.17) is 32.7 Å². The van der Waals surface area contributed by atoms with Crippen molar-refractivity contribution in [1.82, 2.24) is 0 Å². The number of carbonyl (C=O) groups excluding carboxylic acids is 2. The number of cyclic esters (lactones) is 1. The van der Waals surface area contributed by atoms with Gasteiger partial charge in [0.15, 0.2) is 5.70 Å². The van der Waals surface area contributed by atoms with Gasteiger partial charge in [0, 0.05) is 30.2 Å². The molecule has 3 heterocycles. The molecule has 38 heavy (non-hydrogen) atoms. The van der Waals surface area contributed by atoms with Gasteiger partial charge in [-0.15, -0.1) is 22.7 Å². The molecule has 2 aromatic heterocycles. The van der Waals surface area contributed by atoms with E-state index in [1.807, 2.05) is 43.3 Å². The molecule has 0 N–H and O–H groups in total. The Labute approximate surface area is 243 Å². The summed E-state index contributed by atoms with van der Waals surface area (Å²) >= 11 is 19.2. The van der Waals surface area contributed by atoms with Crippen LogP contribution in [0.15, 0.2) is 75.8 Å². The average Bonchev–Trinajstić information content (AvgIpc) is 3.52. The zero-order chi connectivity index (χ0) is 26.6. The third-order valence-electron chi connectivity index (χ3n) is 5.79. The lowest BCUT2D eigenvalue weighted by atomic mass is 10.1. The highest BCUT2D eigenvalue weighted by atomic mass is 79.9. The Balaban J connectivity index is 1.32. The first kappa shape index (κ1) is 25.3. The van der Waals surface area contributed by atoms with Crippen LogP contribution in [0.5, 0.6) is 5.75 Å². The van der Waals surface area contributed by atoms with Crippen molar-refractivity contribution >= 4 is 106 Å². The largest absolute Gasteiger partial charge is 0.422 e. The van der Waals surface area contributed by atoms with Crippen molar-refractivity contribution in [2.45, 2.75) is 6.92 Å². The first-order valence-electron chi connectivity index (χ1n) is 11.2. The minimum absolute atomic E-state index is 0.0635. The number of fused-ring (bicyclic) bond motifs is 2. The molecule has 0 saturated heterocycles. The summed E-state index contributed by atoms with van der Waals surface area (Å²) in [4.78, 5) is 31.0. The van der Waals surface area contributed by atoms with E-state index in [1.165, 1.54) is 28.7 Å². The smallest absolute Gasteiger partial charge is 0.363 e. The van der Waals surface area contributed by atoms with E-state index < -0.39 is 11.9 Å². The number of para-hydroxylation sites is 1. The molecule has 1 aliphatic rings. The van der Waals surface area contributed by atoms with Gasteiger partial charge < -0.3 is 9.47 Å². The summed E-state index contributed by atoms with van der Waals surface area (Å²) in [6, 6.07) is 18.4. The van der Waals surface area contributed by atoms with Crippen molar-refractivity contribution in [3.63, 3.8) is 0 Å². The van der Waals surface area contributed by atoms with Gasteiger partial charge in [-0.1, -0.05) is 75.5 Å². The van der Waals surface area contributed by atoms with E-state index in [1.54, 1.807) is 24.3 Å². The molecule has 0 amide bonds. The Hall–Kier alpha value is -3.01. The summed E-state index contributed by atoms with van der Waals surface area (Å²) in [5, 5.41) is 2.47. The van der Waals surface area contributed by atoms with Crippen LogP contribution in [0.25, 0.3) is 26.2 Å². The fraction of sp³-hybridized carbons (Fsp3) is 0.0357. The van der Waals surface area contributed by atoms with E-state index in [0.29, 0.717) is 25.4 Å². The predicted molar refractivity (Wildman–Crippen MR) is 158 cm³/mol. The normalized spacial score (nSPS) is 14.4. The number of aryl methyl sites for hydroxylation is 1. The van der Waals surface area contributed by atoms with Crippen molar-refractivity contribution in [3.8, 4) is 5.75 Å². The van der Waals surface area contributed by atoms with Gasteiger partial charge in [-0.2, -0.15) is 0 Å². The average molecular weight is 643 g/mol. The number of halogens is 3. The van der Waals surface area contributed by atoms with Crippen LogP contribution in [0, 0.1) is 6.92 Å². The predicted octanol–water partition coefficient (Wildman–Crippen LogP) is 9.06. The second-order valence-corrected chi connectivity index (χ2v) is 12.2. The van der Waals surface area contributed by atoms with Crippen LogP contribution in [0.3, 0.4) is 0 Å². The molecule has 0 atom stereocenters. The number of hydrogen-bond donors (Lipinski definition) is 0.